The molecule has 1 aliphatic rings. The summed E-state index contributed by atoms with van der Waals surface area (Å²) < 4.78 is 29.0. The average molecular weight is 470 g/mol. The predicted molar refractivity (Wildman–Crippen MR) is 127 cm³/mol. The first-order valence-electron chi connectivity index (χ1n) is 11.4. The number of amides is 1. The number of sulfonamides is 1. The number of aromatic nitrogens is 3. The highest BCUT2D eigenvalue weighted by molar-refractivity contribution is 7.89. The highest BCUT2D eigenvalue weighted by atomic mass is 32.2. The summed E-state index contributed by atoms with van der Waals surface area (Å²) in [4.78, 5) is 19.7. The second-order valence-corrected chi connectivity index (χ2v) is 10.8. The number of rotatable bonds is 6. The second kappa shape index (κ2) is 9.23. The zero-order chi connectivity index (χ0) is 23.8. The quantitative estimate of drug-likeness (QED) is 0.554. The van der Waals surface area contributed by atoms with E-state index in [1.807, 2.05) is 17.8 Å². The molecule has 1 amide bonds. The number of pyridine rings is 1. The smallest absolute Gasteiger partial charge is 0.243 e. The van der Waals surface area contributed by atoms with Gasteiger partial charge in [-0.3, -0.25) is 4.79 Å². The van der Waals surface area contributed by atoms with Crippen molar-refractivity contribution in [3.8, 4) is 0 Å². The first-order valence-corrected chi connectivity index (χ1v) is 12.8. The first-order chi connectivity index (χ1) is 15.7. The van der Waals surface area contributed by atoms with Gasteiger partial charge in [0.15, 0.2) is 5.65 Å². The van der Waals surface area contributed by atoms with E-state index in [1.165, 1.54) is 4.31 Å². The third-order valence-corrected chi connectivity index (χ3v) is 8.30. The van der Waals surface area contributed by atoms with Crippen molar-refractivity contribution in [3.63, 3.8) is 0 Å². The fraction of sp³-hybridized carbons (Fsp3) is 0.458. The van der Waals surface area contributed by atoms with Crippen molar-refractivity contribution in [1.82, 2.24) is 24.0 Å². The highest BCUT2D eigenvalue weighted by Crippen LogP contribution is 2.26. The lowest BCUT2D eigenvalue weighted by atomic mass is 10.00. The number of piperazine rings is 1. The Hall–Kier alpha value is -2.78. The van der Waals surface area contributed by atoms with Gasteiger partial charge >= 0.3 is 0 Å². The van der Waals surface area contributed by atoms with Crippen molar-refractivity contribution >= 4 is 27.0 Å². The number of hydrogen-bond donors (Lipinski definition) is 0. The van der Waals surface area contributed by atoms with Gasteiger partial charge in [-0.25, -0.2) is 18.1 Å². The number of aryl methyl sites for hydroxylation is 2. The molecule has 3 heterocycles. The molecule has 0 aliphatic carbocycles. The Labute approximate surface area is 195 Å². The van der Waals surface area contributed by atoms with Crippen LogP contribution in [-0.4, -0.2) is 64.5 Å². The van der Waals surface area contributed by atoms with Crippen molar-refractivity contribution in [2.45, 2.75) is 51.5 Å². The molecule has 0 saturated carbocycles. The summed E-state index contributed by atoms with van der Waals surface area (Å²) in [5.41, 5.74) is 4.01. The molecule has 3 aromatic rings. The minimum atomic E-state index is -3.52. The monoisotopic (exact) mass is 469 g/mol. The number of fused-ring (bicyclic) bond motifs is 1. The maximum absolute atomic E-state index is 12.9. The number of carbonyl (C=O) groups is 1. The third-order valence-electron chi connectivity index (χ3n) is 6.39. The first kappa shape index (κ1) is 23.4. The van der Waals surface area contributed by atoms with Crippen molar-refractivity contribution < 1.29 is 13.2 Å². The molecule has 33 heavy (non-hydrogen) atoms. The summed E-state index contributed by atoms with van der Waals surface area (Å²) in [5.74, 6) is 0.0449. The maximum Gasteiger partial charge on any atom is 0.243 e. The van der Waals surface area contributed by atoms with Crippen LogP contribution >= 0.6 is 0 Å². The molecule has 4 rings (SSSR count). The van der Waals surface area contributed by atoms with Crippen LogP contribution in [0.1, 0.15) is 43.1 Å². The molecule has 8 nitrogen and oxygen atoms in total. The minimum Gasteiger partial charge on any atom is -0.340 e. The van der Waals surface area contributed by atoms with E-state index in [0.717, 1.165) is 27.9 Å². The van der Waals surface area contributed by atoms with Gasteiger partial charge in [-0.2, -0.15) is 9.40 Å². The number of nitrogens with zero attached hydrogens (tertiary/aromatic N) is 5. The van der Waals surface area contributed by atoms with Crippen LogP contribution in [0.3, 0.4) is 0 Å². The van der Waals surface area contributed by atoms with Gasteiger partial charge in [0.05, 0.1) is 11.1 Å². The van der Waals surface area contributed by atoms with E-state index in [2.05, 4.69) is 25.9 Å². The summed E-state index contributed by atoms with van der Waals surface area (Å²) >= 11 is 0. The molecule has 0 unspecified atom stereocenters. The molecular weight excluding hydrogens is 438 g/mol. The zero-order valence-corrected chi connectivity index (χ0v) is 20.5. The van der Waals surface area contributed by atoms with E-state index >= 15 is 0 Å². The van der Waals surface area contributed by atoms with Crippen LogP contribution in [0, 0.1) is 13.8 Å². The average Bonchev–Trinajstić information content (AvgIpc) is 3.23. The Morgan fingerprint density at radius 3 is 2.36 bits per heavy atom. The standard InChI is InChI=1S/C24H31N5O3S/c1-17(2)29-24-22(16-25-29)18(3)21(19(4)26-24)10-11-23(30)27-12-14-28(15-13-27)33(31,32)20-8-6-5-7-9-20/h5-9,16-17H,10-15H2,1-4H3. The number of carbonyl (C=O) groups excluding carboxylic acids is 1. The van der Waals surface area contributed by atoms with Gasteiger partial charge in [-0.1, -0.05) is 18.2 Å². The Morgan fingerprint density at radius 2 is 1.73 bits per heavy atom. The molecular formula is C24H31N5O3S. The van der Waals surface area contributed by atoms with E-state index in [-0.39, 0.29) is 11.9 Å². The maximum atomic E-state index is 12.9. The molecule has 0 radical (unpaired) electrons. The van der Waals surface area contributed by atoms with Gasteiger partial charge in [-0.15, -0.1) is 0 Å². The molecule has 0 N–H and O–H groups in total. The van der Waals surface area contributed by atoms with Gasteiger partial charge in [-0.05, 0) is 57.4 Å². The van der Waals surface area contributed by atoms with Crippen LogP contribution in [0.15, 0.2) is 41.4 Å². The molecule has 176 valence electrons. The fourth-order valence-electron chi connectivity index (χ4n) is 4.45. The summed E-state index contributed by atoms with van der Waals surface area (Å²) in [5, 5.41) is 5.51. The Bertz CT molecular complexity index is 1260. The minimum absolute atomic E-state index is 0.0449. The van der Waals surface area contributed by atoms with Crippen molar-refractivity contribution in [1.29, 1.82) is 0 Å². The molecule has 1 aliphatic heterocycles. The van der Waals surface area contributed by atoms with Crippen molar-refractivity contribution in [2.75, 3.05) is 26.2 Å². The summed E-state index contributed by atoms with van der Waals surface area (Å²) in [6.45, 7) is 9.63. The zero-order valence-electron chi connectivity index (χ0n) is 19.7. The lowest BCUT2D eigenvalue weighted by Crippen LogP contribution is -2.50. The summed E-state index contributed by atoms with van der Waals surface area (Å²) in [6, 6.07) is 8.67. The second-order valence-electron chi connectivity index (χ2n) is 8.82. The van der Waals surface area contributed by atoms with Crippen LogP contribution in [-0.2, 0) is 21.2 Å². The van der Waals surface area contributed by atoms with Crippen LogP contribution in [0.25, 0.3) is 11.0 Å². The van der Waals surface area contributed by atoms with Crippen LogP contribution in [0.4, 0.5) is 0 Å². The van der Waals surface area contributed by atoms with Gasteiger partial charge in [0.25, 0.3) is 0 Å². The molecule has 1 aromatic carbocycles. The fourth-order valence-corrected chi connectivity index (χ4v) is 5.89. The lowest BCUT2D eigenvalue weighted by molar-refractivity contribution is -0.132. The van der Waals surface area contributed by atoms with Crippen molar-refractivity contribution in [3.05, 3.63) is 53.3 Å². The van der Waals surface area contributed by atoms with E-state index in [0.29, 0.717) is 43.9 Å². The molecule has 0 bridgehead atoms. The van der Waals surface area contributed by atoms with E-state index in [9.17, 15) is 13.2 Å². The molecule has 0 spiro atoms. The topological polar surface area (TPSA) is 88.4 Å². The number of benzene rings is 1. The van der Waals surface area contributed by atoms with E-state index < -0.39 is 10.0 Å². The predicted octanol–water partition coefficient (Wildman–Crippen LogP) is 3.09. The number of hydrogen-bond acceptors (Lipinski definition) is 5. The van der Waals surface area contributed by atoms with Crippen LogP contribution in [0.2, 0.25) is 0 Å². The normalized spacial score (nSPS) is 15.5. The third kappa shape index (κ3) is 4.52. The molecule has 0 atom stereocenters. The Balaban J connectivity index is 1.40. The SMILES string of the molecule is Cc1nc2c(cnn2C(C)C)c(C)c1CCC(=O)N1CCN(S(=O)(=O)c2ccccc2)CC1. The van der Waals surface area contributed by atoms with E-state index in [1.54, 1.807) is 35.2 Å². The molecule has 1 saturated heterocycles. The summed E-state index contributed by atoms with van der Waals surface area (Å²) in [6.07, 6.45) is 2.84. The van der Waals surface area contributed by atoms with Gasteiger partial charge in [0, 0.05) is 49.7 Å². The van der Waals surface area contributed by atoms with Crippen molar-refractivity contribution in [2.24, 2.45) is 0 Å². The van der Waals surface area contributed by atoms with Gasteiger partial charge in [0.2, 0.25) is 15.9 Å². The van der Waals surface area contributed by atoms with Crippen LogP contribution in [0.5, 0.6) is 0 Å². The van der Waals surface area contributed by atoms with E-state index in [4.69, 9.17) is 4.98 Å². The van der Waals surface area contributed by atoms with Gasteiger partial charge < -0.3 is 4.90 Å². The molecule has 2 aromatic heterocycles. The largest absolute Gasteiger partial charge is 0.340 e. The summed E-state index contributed by atoms with van der Waals surface area (Å²) in [7, 11) is -3.52. The van der Waals surface area contributed by atoms with Crippen LogP contribution < -0.4 is 0 Å². The lowest BCUT2D eigenvalue weighted by Gasteiger charge is -2.34. The Morgan fingerprint density at radius 1 is 1.06 bits per heavy atom. The molecule has 9 heteroatoms. The highest BCUT2D eigenvalue weighted by Gasteiger charge is 2.30. The molecule has 1 fully saturated rings. The Kier molecular flexibility index (Phi) is 6.54. The van der Waals surface area contributed by atoms with Gasteiger partial charge in [0.1, 0.15) is 0 Å².